The summed E-state index contributed by atoms with van der Waals surface area (Å²) in [5.41, 5.74) is 1.95. The van der Waals surface area contributed by atoms with Crippen molar-refractivity contribution in [2.45, 2.75) is 13.2 Å². The van der Waals surface area contributed by atoms with E-state index in [1.807, 2.05) is 60.7 Å². The Hall–Kier alpha value is -2.83. The molecule has 190 valence electrons. The molecule has 1 N–H and O–H groups in total. The molecule has 10 heteroatoms. The molecule has 6 nitrogen and oxygen atoms in total. The van der Waals surface area contributed by atoms with E-state index in [1.54, 1.807) is 12.1 Å². The molecule has 0 bridgehead atoms. The van der Waals surface area contributed by atoms with Crippen molar-refractivity contribution in [3.05, 3.63) is 129 Å². The number of amides is 1. The van der Waals surface area contributed by atoms with Gasteiger partial charge in [-0.2, -0.15) is 0 Å². The predicted octanol–water partition coefficient (Wildman–Crippen LogP) is 8.82. The van der Waals surface area contributed by atoms with E-state index < -0.39 is 13.7 Å². The second-order valence-corrected chi connectivity index (χ2v) is 10.6. The number of anilines is 1. The van der Waals surface area contributed by atoms with Crippen LogP contribution in [0.25, 0.3) is 0 Å². The Kier molecular flexibility index (Phi) is 9.28. The van der Waals surface area contributed by atoms with E-state index in [4.69, 9.17) is 48.4 Å². The van der Waals surface area contributed by atoms with Crippen LogP contribution >= 0.6 is 42.6 Å². The van der Waals surface area contributed by atoms with Crippen LogP contribution < -0.4 is 9.84 Å². The molecule has 0 aliphatic carbocycles. The second kappa shape index (κ2) is 12.6. The number of phosphoric ester groups is 1. The molecule has 0 saturated heterocycles. The van der Waals surface area contributed by atoms with Crippen LogP contribution in [0.4, 0.5) is 5.69 Å². The van der Waals surface area contributed by atoms with Crippen molar-refractivity contribution in [2.24, 2.45) is 0 Å². The van der Waals surface area contributed by atoms with Gasteiger partial charge in [-0.05, 0) is 47.5 Å². The largest absolute Gasteiger partial charge is 0.530 e. The highest BCUT2D eigenvalue weighted by atomic mass is 35.5. The average Bonchev–Trinajstić information content (AvgIpc) is 2.91. The van der Waals surface area contributed by atoms with Gasteiger partial charge in [0.2, 0.25) is 0 Å². The molecule has 0 unspecified atom stereocenters. The molecule has 0 aromatic heterocycles. The van der Waals surface area contributed by atoms with Gasteiger partial charge in [0.15, 0.2) is 0 Å². The number of carbonyl (C=O) groups excluding carboxylic acids is 1. The van der Waals surface area contributed by atoms with E-state index in [0.717, 1.165) is 11.1 Å². The number of rotatable bonds is 10. The molecular weight excluding hydrogens is 556 g/mol. The third-order valence-corrected chi connectivity index (χ3v) is 7.32. The van der Waals surface area contributed by atoms with Crippen molar-refractivity contribution >= 4 is 54.2 Å². The Labute approximate surface area is 229 Å². The van der Waals surface area contributed by atoms with Crippen LogP contribution in [-0.4, -0.2) is 5.91 Å². The Morgan fingerprint density at radius 3 is 1.89 bits per heavy atom. The normalized spacial score (nSPS) is 11.2. The fourth-order valence-electron chi connectivity index (χ4n) is 3.20. The monoisotopic (exact) mass is 575 g/mol. The lowest BCUT2D eigenvalue weighted by atomic mass is 10.2. The fraction of sp³-hybridized carbons (Fsp3) is 0.0741. The number of phosphoric acid groups is 1. The zero-order valence-electron chi connectivity index (χ0n) is 19.3. The van der Waals surface area contributed by atoms with Crippen LogP contribution in [-0.2, 0) is 26.8 Å². The first-order valence-corrected chi connectivity index (χ1v) is 13.6. The summed E-state index contributed by atoms with van der Waals surface area (Å²) in [5.74, 6) is -0.611. The third kappa shape index (κ3) is 7.83. The van der Waals surface area contributed by atoms with Crippen molar-refractivity contribution in [1.29, 1.82) is 0 Å². The van der Waals surface area contributed by atoms with E-state index >= 15 is 0 Å². The van der Waals surface area contributed by atoms with E-state index in [-0.39, 0.29) is 34.6 Å². The summed E-state index contributed by atoms with van der Waals surface area (Å²) in [4.78, 5) is 13.1. The molecule has 0 aliphatic rings. The zero-order chi connectivity index (χ0) is 26.3. The van der Waals surface area contributed by atoms with E-state index in [0.29, 0.717) is 10.7 Å². The van der Waals surface area contributed by atoms with Crippen molar-refractivity contribution in [1.82, 2.24) is 0 Å². The number of carbonyl (C=O) groups is 1. The van der Waals surface area contributed by atoms with Gasteiger partial charge in [-0.15, -0.1) is 0 Å². The molecule has 4 rings (SSSR count). The van der Waals surface area contributed by atoms with Gasteiger partial charge in [0.05, 0.1) is 28.8 Å². The Morgan fingerprint density at radius 2 is 1.32 bits per heavy atom. The van der Waals surface area contributed by atoms with Crippen LogP contribution in [0.15, 0.2) is 97.1 Å². The molecular formula is C27H21Cl3NO5P. The summed E-state index contributed by atoms with van der Waals surface area (Å²) in [5, 5.41) is 3.60. The molecule has 37 heavy (non-hydrogen) atoms. The maximum absolute atomic E-state index is 13.8. The molecule has 0 saturated carbocycles. The smallest absolute Gasteiger partial charge is 0.403 e. The topological polar surface area (TPSA) is 73.9 Å². The number of hydrogen-bond acceptors (Lipinski definition) is 5. The van der Waals surface area contributed by atoms with Crippen LogP contribution in [0.2, 0.25) is 15.1 Å². The molecule has 0 atom stereocenters. The number of hydrogen-bond donors (Lipinski definition) is 1. The fourth-order valence-corrected chi connectivity index (χ4v) is 4.86. The number of nitrogens with one attached hydrogen (secondary N) is 1. The van der Waals surface area contributed by atoms with Gasteiger partial charge >= 0.3 is 7.82 Å². The standard InChI is InChI=1S/C27H21Cl3NO5P/c28-21-11-14-26(23(15-21)27(32)31-22-12-13-24(29)25(30)16-22)36-37(33,34-17-19-7-3-1-4-8-19)35-18-20-9-5-2-6-10-20/h1-16H,17-18H2,(H,31,32). The summed E-state index contributed by atoms with van der Waals surface area (Å²) in [6.07, 6.45) is 0. The number of benzene rings is 4. The first-order valence-electron chi connectivity index (χ1n) is 11.0. The first kappa shape index (κ1) is 27.2. The van der Waals surface area contributed by atoms with Gasteiger partial charge in [0.1, 0.15) is 5.75 Å². The van der Waals surface area contributed by atoms with Crippen molar-refractivity contribution < 1.29 is 22.9 Å². The average molecular weight is 577 g/mol. The predicted molar refractivity (Wildman–Crippen MR) is 147 cm³/mol. The quantitative estimate of drug-likeness (QED) is 0.191. The molecule has 0 aliphatic heterocycles. The lowest BCUT2D eigenvalue weighted by Crippen LogP contribution is -2.14. The van der Waals surface area contributed by atoms with Gasteiger partial charge in [-0.25, -0.2) is 4.57 Å². The molecule has 1 amide bonds. The Bertz CT molecular complexity index is 1370. The minimum atomic E-state index is -4.21. The van der Waals surface area contributed by atoms with E-state index in [2.05, 4.69) is 5.32 Å². The summed E-state index contributed by atoms with van der Waals surface area (Å²) < 4.78 is 30.9. The van der Waals surface area contributed by atoms with Gasteiger partial charge in [-0.3, -0.25) is 13.8 Å². The van der Waals surface area contributed by atoms with Crippen molar-refractivity contribution in [2.75, 3.05) is 5.32 Å². The van der Waals surface area contributed by atoms with Gasteiger partial charge in [-0.1, -0.05) is 95.5 Å². The maximum atomic E-state index is 13.8. The minimum absolute atomic E-state index is 0.0189. The molecule has 0 spiro atoms. The van der Waals surface area contributed by atoms with E-state index in [1.165, 1.54) is 24.3 Å². The highest BCUT2D eigenvalue weighted by Crippen LogP contribution is 2.52. The van der Waals surface area contributed by atoms with Crippen LogP contribution in [0.5, 0.6) is 5.75 Å². The highest BCUT2D eigenvalue weighted by Gasteiger charge is 2.31. The molecule has 0 radical (unpaired) electrons. The highest BCUT2D eigenvalue weighted by molar-refractivity contribution is 7.48. The Morgan fingerprint density at radius 1 is 0.730 bits per heavy atom. The molecule has 0 fully saturated rings. The summed E-state index contributed by atoms with van der Waals surface area (Å²) in [6.45, 7) is -0.0728. The SMILES string of the molecule is O=C(Nc1ccc(Cl)c(Cl)c1)c1cc(Cl)ccc1OP(=O)(OCc1ccccc1)OCc1ccccc1. The molecule has 4 aromatic rings. The lowest BCUT2D eigenvalue weighted by Gasteiger charge is -2.20. The third-order valence-electron chi connectivity index (χ3n) is 5.04. The van der Waals surface area contributed by atoms with E-state index in [9.17, 15) is 9.36 Å². The zero-order valence-corrected chi connectivity index (χ0v) is 22.4. The van der Waals surface area contributed by atoms with Crippen LogP contribution in [0.1, 0.15) is 21.5 Å². The van der Waals surface area contributed by atoms with Gasteiger partial charge < -0.3 is 9.84 Å². The number of halogens is 3. The summed E-state index contributed by atoms with van der Waals surface area (Å²) in [7, 11) is -4.21. The van der Waals surface area contributed by atoms with Gasteiger partial charge in [0, 0.05) is 10.7 Å². The lowest BCUT2D eigenvalue weighted by molar-refractivity contribution is 0.102. The molecule has 4 aromatic carbocycles. The van der Waals surface area contributed by atoms with Crippen LogP contribution in [0.3, 0.4) is 0 Å². The van der Waals surface area contributed by atoms with Crippen molar-refractivity contribution in [3.8, 4) is 5.75 Å². The van der Waals surface area contributed by atoms with Crippen molar-refractivity contribution in [3.63, 3.8) is 0 Å². The summed E-state index contributed by atoms with van der Waals surface area (Å²) in [6, 6.07) is 27.3. The minimum Gasteiger partial charge on any atom is -0.403 e. The van der Waals surface area contributed by atoms with Gasteiger partial charge in [0.25, 0.3) is 5.91 Å². The maximum Gasteiger partial charge on any atom is 0.530 e. The Balaban J connectivity index is 1.59. The molecule has 0 heterocycles. The second-order valence-electron chi connectivity index (χ2n) is 7.78. The summed E-state index contributed by atoms with van der Waals surface area (Å²) >= 11 is 18.2. The van der Waals surface area contributed by atoms with Crippen LogP contribution in [0, 0.1) is 0 Å². The first-order chi connectivity index (χ1) is 17.8.